The molecule has 0 aliphatic carbocycles. The van der Waals surface area contributed by atoms with E-state index in [0.717, 1.165) is 16.7 Å². The predicted molar refractivity (Wildman–Crippen MR) is 150 cm³/mol. The number of nitriles is 1. The molecule has 0 aromatic heterocycles. The topological polar surface area (TPSA) is 90.3 Å². The van der Waals surface area contributed by atoms with Crippen LogP contribution in [0.3, 0.4) is 0 Å². The van der Waals surface area contributed by atoms with E-state index in [1.54, 1.807) is 28.4 Å². The first-order valence-electron chi connectivity index (χ1n) is 13.4. The number of carbonyl (C=O) groups is 1. The molecule has 0 fully saturated rings. The summed E-state index contributed by atoms with van der Waals surface area (Å²) >= 11 is 0. The van der Waals surface area contributed by atoms with Gasteiger partial charge in [0.05, 0.1) is 46.5 Å². The number of hydrogen-bond donors (Lipinski definition) is 0. The molecule has 212 valence electrons. The van der Waals surface area contributed by atoms with Crippen LogP contribution in [0.5, 0.6) is 23.0 Å². The lowest BCUT2D eigenvalue weighted by Gasteiger charge is -2.44. The van der Waals surface area contributed by atoms with Crippen LogP contribution in [0.25, 0.3) is 0 Å². The number of rotatable bonds is 12. The smallest absolute Gasteiger partial charge is 0.326 e. The largest absolute Gasteiger partial charge is 0.493 e. The Labute approximate surface area is 232 Å². The molecule has 2 atom stereocenters. The van der Waals surface area contributed by atoms with Crippen molar-refractivity contribution in [2.75, 3.05) is 42.1 Å². The molecule has 3 rings (SSSR count). The van der Waals surface area contributed by atoms with Gasteiger partial charge in [0, 0.05) is 13.0 Å². The number of likely N-dealkylation sites (N-methyl/N-ethyl adjacent to an activating group) is 1. The molecule has 0 N–H and O–H groups in total. The van der Waals surface area contributed by atoms with Crippen molar-refractivity contribution in [2.45, 2.75) is 64.0 Å². The SMILES string of the molecule is CCOC(=O)C1(CCCC(C#N)(c2ccc(OC)c(OC)c2)C(C)C)Cc2cc(OC)c(OC)cc2CN1C. The fourth-order valence-corrected chi connectivity index (χ4v) is 5.80. The van der Waals surface area contributed by atoms with Crippen LogP contribution in [0.1, 0.15) is 56.7 Å². The Morgan fingerprint density at radius 3 is 2.13 bits per heavy atom. The zero-order valence-corrected chi connectivity index (χ0v) is 24.6. The van der Waals surface area contributed by atoms with Gasteiger partial charge in [-0.2, -0.15) is 5.26 Å². The van der Waals surface area contributed by atoms with Gasteiger partial charge in [0.15, 0.2) is 23.0 Å². The van der Waals surface area contributed by atoms with Crippen LogP contribution < -0.4 is 18.9 Å². The van der Waals surface area contributed by atoms with E-state index in [0.29, 0.717) is 61.8 Å². The molecular formula is C31H42N2O6. The molecule has 0 spiro atoms. The van der Waals surface area contributed by atoms with Crippen LogP contribution in [0.4, 0.5) is 0 Å². The molecule has 0 saturated heterocycles. The summed E-state index contributed by atoms with van der Waals surface area (Å²) in [5.41, 5.74) is 1.38. The minimum Gasteiger partial charge on any atom is -0.493 e. The Hall–Kier alpha value is -3.44. The molecule has 2 aromatic carbocycles. The first-order chi connectivity index (χ1) is 18.7. The molecular weight excluding hydrogens is 496 g/mol. The maximum absolute atomic E-state index is 13.6. The highest BCUT2D eigenvalue weighted by Gasteiger charge is 2.47. The van der Waals surface area contributed by atoms with E-state index in [2.05, 4.69) is 24.8 Å². The number of methoxy groups -OCH3 is 4. The second-order valence-electron chi connectivity index (χ2n) is 10.4. The number of fused-ring (bicyclic) bond motifs is 1. The standard InChI is InChI=1S/C31H42N2O6/c1-9-39-29(34)31(18-22-15-26(36-6)27(37-7)16-23(22)19-33(31)4)14-10-13-30(20-32,21(2)3)24-11-12-25(35-5)28(17-24)38-8/h11-12,15-17,21H,9-10,13-14,18-19H2,1-8H3. The number of ether oxygens (including phenoxy) is 5. The zero-order valence-electron chi connectivity index (χ0n) is 24.6. The quantitative estimate of drug-likeness (QED) is 0.337. The van der Waals surface area contributed by atoms with Gasteiger partial charge in [0.2, 0.25) is 0 Å². The monoisotopic (exact) mass is 538 g/mol. The van der Waals surface area contributed by atoms with Crippen molar-refractivity contribution in [2.24, 2.45) is 5.92 Å². The second-order valence-corrected chi connectivity index (χ2v) is 10.4. The lowest BCUT2D eigenvalue weighted by Crippen LogP contribution is -2.57. The highest BCUT2D eigenvalue weighted by atomic mass is 16.5. The van der Waals surface area contributed by atoms with Crippen molar-refractivity contribution < 1.29 is 28.5 Å². The van der Waals surface area contributed by atoms with Gasteiger partial charge in [-0.05, 0) is 80.1 Å². The van der Waals surface area contributed by atoms with Gasteiger partial charge in [0.25, 0.3) is 0 Å². The van der Waals surface area contributed by atoms with Crippen LogP contribution in [0, 0.1) is 17.2 Å². The Bertz CT molecular complexity index is 1210. The zero-order chi connectivity index (χ0) is 28.8. The van der Waals surface area contributed by atoms with Gasteiger partial charge in [-0.1, -0.05) is 19.9 Å². The number of benzene rings is 2. The van der Waals surface area contributed by atoms with Gasteiger partial charge >= 0.3 is 5.97 Å². The van der Waals surface area contributed by atoms with Gasteiger partial charge in [-0.25, -0.2) is 0 Å². The van der Waals surface area contributed by atoms with Crippen molar-refractivity contribution in [1.82, 2.24) is 4.90 Å². The van der Waals surface area contributed by atoms with E-state index in [1.807, 2.05) is 44.3 Å². The minimum absolute atomic E-state index is 0.0284. The fraction of sp³-hybridized carbons (Fsp3) is 0.548. The predicted octanol–water partition coefficient (Wildman–Crippen LogP) is 5.30. The van der Waals surface area contributed by atoms with Crippen molar-refractivity contribution in [3.05, 3.63) is 47.0 Å². The summed E-state index contributed by atoms with van der Waals surface area (Å²) in [6, 6.07) is 12.2. The van der Waals surface area contributed by atoms with E-state index in [9.17, 15) is 10.1 Å². The first kappa shape index (κ1) is 30.1. The van der Waals surface area contributed by atoms with Crippen LogP contribution >= 0.6 is 0 Å². The molecule has 1 heterocycles. The van der Waals surface area contributed by atoms with Crippen LogP contribution in [0.2, 0.25) is 0 Å². The summed E-state index contributed by atoms with van der Waals surface area (Å²) in [6.07, 6.45) is 2.24. The molecule has 0 bridgehead atoms. The molecule has 0 saturated carbocycles. The molecule has 8 nitrogen and oxygen atoms in total. The summed E-state index contributed by atoms with van der Waals surface area (Å²) in [4.78, 5) is 15.7. The Morgan fingerprint density at radius 2 is 1.59 bits per heavy atom. The molecule has 2 aromatic rings. The fourth-order valence-electron chi connectivity index (χ4n) is 5.80. The highest BCUT2D eigenvalue weighted by Crippen LogP contribution is 2.44. The van der Waals surface area contributed by atoms with Crippen molar-refractivity contribution >= 4 is 5.97 Å². The summed E-state index contributed by atoms with van der Waals surface area (Å²) in [5.74, 6) is 2.29. The van der Waals surface area contributed by atoms with Crippen molar-refractivity contribution in [1.29, 1.82) is 5.26 Å². The molecule has 2 unspecified atom stereocenters. The van der Waals surface area contributed by atoms with Crippen LogP contribution in [-0.2, 0) is 27.9 Å². The van der Waals surface area contributed by atoms with Crippen molar-refractivity contribution in [3.63, 3.8) is 0 Å². The van der Waals surface area contributed by atoms with E-state index in [-0.39, 0.29) is 11.9 Å². The maximum Gasteiger partial charge on any atom is 0.326 e. The van der Waals surface area contributed by atoms with Crippen LogP contribution in [0.15, 0.2) is 30.3 Å². The normalized spacial score (nSPS) is 18.5. The Kier molecular flexibility index (Phi) is 9.73. The third kappa shape index (κ3) is 5.65. The van der Waals surface area contributed by atoms with Crippen LogP contribution in [-0.4, -0.2) is 58.5 Å². The van der Waals surface area contributed by atoms with E-state index < -0.39 is 11.0 Å². The number of esters is 1. The summed E-state index contributed by atoms with van der Waals surface area (Å²) in [6.45, 7) is 6.81. The number of carbonyl (C=O) groups excluding carboxylic acids is 1. The number of hydrogen-bond acceptors (Lipinski definition) is 8. The van der Waals surface area contributed by atoms with E-state index in [4.69, 9.17) is 23.7 Å². The van der Waals surface area contributed by atoms with Gasteiger partial charge in [-0.15, -0.1) is 0 Å². The molecule has 1 aliphatic heterocycles. The third-order valence-electron chi connectivity index (χ3n) is 8.23. The summed E-state index contributed by atoms with van der Waals surface area (Å²) in [7, 11) is 8.38. The highest BCUT2D eigenvalue weighted by molar-refractivity contribution is 5.82. The lowest BCUT2D eigenvalue weighted by molar-refractivity contribution is -0.159. The first-order valence-corrected chi connectivity index (χ1v) is 13.4. The molecule has 39 heavy (non-hydrogen) atoms. The van der Waals surface area contributed by atoms with Gasteiger partial charge in [-0.3, -0.25) is 9.69 Å². The Balaban J connectivity index is 1.97. The van der Waals surface area contributed by atoms with Gasteiger partial charge < -0.3 is 23.7 Å². The average Bonchev–Trinajstić information content (AvgIpc) is 2.94. The molecule has 8 heteroatoms. The lowest BCUT2D eigenvalue weighted by atomic mass is 9.68. The molecule has 0 amide bonds. The average molecular weight is 539 g/mol. The van der Waals surface area contributed by atoms with Gasteiger partial charge in [0.1, 0.15) is 5.54 Å². The number of nitrogens with zero attached hydrogens (tertiary/aromatic N) is 2. The summed E-state index contributed by atoms with van der Waals surface area (Å²) in [5, 5.41) is 10.5. The molecule has 0 radical (unpaired) electrons. The minimum atomic E-state index is -0.863. The van der Waals surface area contributed by atoms with Crippen molar-refractivity contribution in [3.8, 4) is 29.1 Å². The van der Waals surface area contributed by atoms with E-state index in [1.165, 1.54) is 0 Å². The maximum atomic E-state index is 13.6. The van der Waals surface area contributed by atoms with E-state index >= 15 is 0 Å². The summed E-state index contributed by atoms with van der Waals surface area (Å²) < 4.78 is 27.6. The third-order valence-corrected chi connectivity index (χ3v) is 8.23. The Morgan fingerprint density at radius 1 is 1.00 bits per heavy atom. The molecule has 1 aliphatic rings. The second kappa shape index (κ2) is 12.6.